The third-order valence-corrected chi connectivity index (χ3v) is 26.5. The SMILES string of the molecule is CC(=O)[C@H]1CC[C@H]2[C@@H]3CC=C4C[C@@H](O)CC[C@]4(C)[C@H]3[C@@H](O)C[C@]12C.CC(=O)[C@H]1CC[C@H]2[C@@H]3CC=C4C[C@@H](O)CC[C@]4(C)[C@H]3[C@@H](O)C[C@]12C.CC1([C@H]2CC[C@H]3[C@@H]4CC=C5C[C@@H](O)CC[C@]5(C)[C@H]4[C@@H](O)C[C@]23C)OCCO1. The van der Waals surface area contributed by atoms with E-state index in [1.807, 2.05) is 0 Å². The predicted molar refractivity (Wildman–Crippen MR) is 289 cm³/mol. The van der Waals surface area contributed by atoms with Crippen LogP contribution < -0.4 is 0 Å². The molecule has 13 rings (SSSR count). The molecule has 12 aliphatic carbocycles. The van der Waals surface area contributed by atoms with E-state index in [-0.39, 0.29) is 80.9 Å². The van der Waals surface area contributed by atoms with Gasteiger partial charge in [-0.05, 0) is 241 Å². The van der Waals surface area contributed by atoms with Gasteiger partial charge >= 0.3 is 0 Å². The van der Waals surface area contributed by atoms with Gasteiger partial charge in [-0.15, -0.1) is 0 Å². The Labute approximate surface area is 450 Å². The van der Waals surface area contributed by atoms with Crippen LogP contribution in [0.15, 0.2) is 34.9 Å². The Morgan fingerprint density at radius 2 is 0.773 bits per heavy atom. The Balaban J connectivity index is 0.000000121. The van der Waals surface area contributed by atoms with Gasteiger partial charge in [-0.1, -0.05) is 76.5 Å². The monoisotopic (exact) mass is 1040 g/mol. The van der Waals surface area contributed by atoms with E-state index in [2.05, 4.69) is 66.7 Å². The summed E-state index contributed by atoms with van der Waals surface area (Å²) in [5.41, 5.74) is 4.34. The normalized spacial score (nSPS) is 53.8. The molecule has 10 nitrogen and oxygen atoms in total. The fourth-order valence-corrected chi connectivity index (χ4v) is 23.2. The first-order chi connectivity index (χ1) is 35.3. The molecule has 0 bridgehead atoms. The fourth-order valence-electron chi connectivity index (χ4n) is 23.2. The first-order valence-corrected chi connectivity index (χ1v) is 30.8. The molecule has 75 heavy (non-hydrogen) atoms. The number of rotatable bonds is 3. The lowest BCUT2D eigenvalue weighted by Gasteiger charge is -2.60. The van der Waals surface area contributed by atoms with Crippen LogP contribution in [0.2, 0.25) is 0 Å². The van der Waals surface area contributed by atoms with Crippen molar-refractivity contribution in [2.75, 3.05) is 13.2 Å². The van der Waals surface area contributed by atoms with E-state index in [1.54, 1.807) is 13.8 Å². The van der Waals surface area contributed by atoms with E-state index < -0.39 is 5.79 Å². The van der Waals surface area contributed by atoms with Crippen molar-refractivity contribution in [1.29, 1.82) is 0 Å². The lowest BCUT2D eigenvalue weighted by molar-refractivity contribution is -0.223. The number of Topliss-reactive ketones (excluding diaryl/α,β-unsaturated/α-hetero) is 2. The molecule has 0 unspecified atom stereocenters. The number of allylic oxidation sites excluding steroid dienone is 3. The van der Waals surface area contributed by atoms with E-state index in [4.69, 9.17) is 9.47 Å². The highest BCUT2D eigenvalue weighted by Crippen LogP contribution is 2.70. The molecule has 0 aromatic rings. The van der Waals surface area contributed by atoms with Crippen molar-refractivity contribution in [3.8, 4) is 0 Å². The van der Waals surface area contributed by atoms with Gasteiger partial charge in [0.25, 0.3) is 0 Å². The third kappa shape index (κ3) is 8.54. The summed E-state index contributed by atoms with van der Waals surface area (Å²) in [4.78, 5) is 24.4. The van der Waals surface area contributed by atoms with Gasteiger partial charge in [0.05, 0.1) is 49.8 Å². The van der Waals surface area contributed by atoms with Gasteiger partial charge in [0.1, 0.15) is 11.6 Å². The minimum Gasteiger partial charge on any atom is -0.393 e. The summed E-state index contributed by atoms with van der Waals surface area (Å²) in [5, 5.41) is 64.1. The first kappa shape index (κ1) is 55.2. The zero-order chi connectivity index (χ0) is 53.6. The molecule has 0 amide bonds. The van der Waals surface area contributed by atoms with Crippen LogP contribution in [-0.4, -0.2) is 97.8 Å². The first-order valence-electron chi connectivity index (χ1n) is 30.8. The summed E-state index contributed by atoms with van der Waals surface area (Å²) in [5.74, 6) is 4.96. The Morgan fingerprint density at radius 3 is 1.12 bits per heavy atom. The summed E-state index contributed by atoms with van der Waals surface area (Å²) in [6, 6.07) is 0. The molecular formula is C65H100O10. The standard InChI is InChI=1S/C23H36O4.2C21H32O3/c1-21-9-8-15(24)12-14(21)4-5-16-17-6-7-19(23(3)26-10-11-27-23)22(17,2)13-18(25)20(16)21;2*1-12(22)16-6-7-17-15-5-4-13-10-14(23)8-9-20(13,2)19(15)18(24)11-21(16,17)3/h4,15-20,24-25H,5-13H2,1-3H3;2*4,14-19,23-24H,5-11H2,1-3H3/t15-,16-,17-,18-,19-,20+,21-,22-;2*14-,15-,16+,17-,18-,19+,20-,21+/m000/s1. The lowest BCUT2D eigenvalue weighted by Crippen LogP contribution is -2.58. The number of carbonyl (C=O) groups excluding carboxylic acids is 2. The van der Waals surface area contributed by atoms with Crippen molar-refractivity contribution in [2.24, 2.45) is 104 Å². The molecule has 10 fully saturated rings. The molecule has 13 aliphatic rings. The molecule has 1 saturated heterocycles. The average Bonchev–Trinajstić information content (AvgIpc) is 4.15. The predicted octanol–water partition coefficient (Wildman–Crippen LogP) is 10.6. The number of ether oxygens (including phenoxy) is 2. The Morgan fingerprint density at radius 1 is 0.453 bits per heavy atom. The average molecular weight is 1040 g/mol. The molecule has 0 spiro atoms. The number of hydrogen-bond acceptors (Lipinski definition) is 10. The third-order valence-electron chi connectivity index (χ3n) is 26.5. The zero-order valence-corrected chi connectivity index (χ0v) is 47.7. The maximum absolute atomic E-state index is 12.2. The van der Waals surface area contributed by atoms with Crippen LogP contribution in [0.25, 0.3) is 0 Å². The van der Waals surface area contributed by atoms with Crippen LogP contribution in [0.3, 0.4) is 0 Å². The van der Waals surface area contributed by atoms with Crippen LogP contribution >= 0.6 is 0 Å². The van der Waals surface area contributed by atoms with Crippen molar-refractivity contribution in [3.05, 3.63) is 34.9 Å². The minimum atomic E-state index is -0.482. The van der Waals surface area contributed by atoms with Crippen LogP contribution in [0, 0.1) is 104 Å². The molecule has 1 aliphatic heterocycles. The summed E-state index contributed by atoms with van der Waals surface area (Å²) in [6.07, 6.45) is 25.7. The van der Waals surface area contributed by atoms with Gasteiger partial charge in [-0.2, -0.15) is 0 Å². The second-order valence-electron chi connectivity index (χ2n) is 29.9. The Kier molecular flexibility index (Phi) is 14.3. The molecule has 10 heteroatoms. The fraction of sp³-hybridized carbons (Fsp3) is 0.877. The van der Waals surface area contributed by atoms with Gasteiger partial charge in [0.2, 0.25) is 0 Å². The van der Waals surface area contributed by atoms with Gasteiger partial charge < -0.3 is 40.1 Å². The maximum atomic E-state index is 12.2. The number of fused-ring (bicyclic) bond motifs is 15. The Bertz CT molecular complexity index is 2200. The van der Waals surface area contributed by atoms with Crippen LogP contribution in [0.4, 0.5) is 0 Å². The molecule has 0 aromatic heterocycles. The van der Waals surface area contributed by atoms with Crippen molar-refractivity contribution in [1.82, 2.24) is 0 Å². The van der Waals surface area contributed by atoms with Crippen molar-refractivity contribution in [3.63, 3.8) is 0 Å². The molecule has 1 heterocycles. The number of aliphatic hydroxyl groups is 6. The maximum Gasteiger partial charge on any atom is 0.169 e. The summed E-state index contributed by atoms with van der Waals surface area (Å²) >= 11 is 0. The second kappa shape index (κ2) is 19.5. The summed E-state index contributed by atoms with van der Waals surface area (Å²) in [6.45, 7) is 20.9. The minimum absolute atomic E-state index is 0.0255. The van der Waals surface area contributed by atoms with Crippen molar-refractivity contribution in [2.45, 2.75) is 240 Å². The molecule has 24 atom stereocenters. The number of hydrogen-bond donors (Lipinski definition) is 6. The topological polar surface area (TPSA) is 174 Å². The molecule has 6 N–H and O–H groups in total. The van der Waals surface area contributed by atoms with Crippen LogP contribution in [-0.2, 0) is 19.1 Å². The largest absolute Gasteiger partial charge is 0.393 e. The van der Waals surface area contributed by atoms with E-state index in [0.29, 0.717) is 84.0 Å². The number of carbonyl (C=O) groups is 2. The zero-order valence-electron chi connectivity index (χ0n) is 47.7. The molecule has 9 saturated carbocycles. The lowest BCUT2D eigenvalue weighted by atomic mass is 9.46. The van der Waals surface area contributed by atoms with Crippen molar-refractivity contribution < 1.29 is 49.7 Å². The van der Waals surface area contributed by atoms with E-state index in [1.165, 1.54) is 23.1 Å². The Hall–Kier alpha value is -1.76. The number of ketones is 2. The summed E-state index contributed by atoms with van der Waals surface area (Å²) < 4.78 is 12.2. The van der Waals surface area contributed by atoms with E-state index in [9.17, 15) is 40.2 Å². The van der Waals surface area contributed by atoms with E-state index >= 15 is 0 Å². The van der Waals surface area contributed by atoms with Gasteiger partial charge in [0.15, 0.2) is 5.79 Å². The molecule has 420 valence electrons. The smallest absolute Gasteiger partial charge is 0.169 e. The van der Waals surface area contributed by atoms with Gasteiger partial charge in [0, 0.05) is 17.8 Å². The molecule has 0 radical (unpaired) electrons. The second-order valence-corrected chi connectivity index (χ2v) is 29.9. The summed E-state index contributed by atoms with van der Waals surface area (Å²) in [7, 11) is 0. The highest BCUT2D eigenvalue weighted by atomic mass is 16.7. The molecular weight excluding hydrogens is 941 g/mol. The highest BCUT2D eigenvalue weighted by Gasteiger charge is 2.67. The number of aliphatic hydroxyl groups excluding tert-OH is 6. The van der Waals surface area contributed by atoms with Crippen LogP contribution in [0.1, 0.15) is 197 Å². The van der Waals surface area contributed by atoms with E-state index in [0.717, 1.165) is 128 Å². The van der Waals surface area contributed by atoms with Gasteiger partial charge in [-0.3, -0.25) is 9.59 Å². The highest BCUT2D eigenvalue weighted by molar-refractivity contribution is 5.80. The van der Waals surface area contributed by atoms with Gasteiger partial charge in [-0.25, -0.2) is 0 Å². The quantitative estimate of drug-likeness (QED) is 0.149. The molecule has 0 aromatic carbocycles. The van der Waals surface area contributed by atoms with Crippen molar-refractivity contribution >= 4 is 11.6 Å². The van der Waals surface area contributed by atoms with Crippen LogP contribution in [0.5, 0.6) is 0 Å².